The number of ether oxygens (including phenoxy) is 1. The van der Waals surface area contributed by atoms with Crippen molar-refractivity contribution in [2.75, 3.05) is 7.11 Å². The van der Waals surface area contributed by atoms with Crippen LogP contribution in [0.4, 0.5) is 0 Å². The van der Waals surface area contributed by atoms with Gasteiger partial charge in [0, 0.05) is 11.4 Å². The molecule has 3 heteroatoms. The molecule has 0 saturated heterocycles. The molecule has 0 amide bonds. The predicted octanol–water partition coefficient (Wildman–Crippen LogP) is 4.06. The zero-order chi connectivity index (χ0) is 11.3. The molecule has 1 aromatic heterocycles. The SMILES string of the molecule is COc1cccc2c1c(C)c(Br)n2C1CC1. The third kappa shape index (κ3) is 1.31. The largest absolute Gasteiger partial charge is 0.496 e. The first kappa shape index (κ1) is 10.2. The van der Waals surface area contributed by atoms with E-state index in [0.29, 0.717) is 6.04 Å². The van der Waals surface area contributed by atoms with Crippen molar-refractivity contribution in [1.82, 2.24) is 4.57 Å². The highest BCUT2D eigenvalue weighted by molar-refractivity contribution is 9.10. The van der Waals surface area contributed by atoms with E-state index in [0.717, 1.165) is 5.75 Å². The normalized spacial score (nSPS) is 15.7. The second kappa shape index (κ2) is 3.52. The number of methoxy groups -OCH3 is 1. The lowest BCUT2D eigenvalue weighted by molar-refractivity contribution is 0.419. The summed E-state index contributed by atoms with van der Waals surface area (Å²) < 4.78 is 9.04. The Morgan fingerprint density at radius 3 is 2.75 bits per heavy atom. The monoisotopic (exact) mass is 279 g/mol. The first-order valence-corrected chi connectivity index (χ1v) is 6.36. The van der Waals surface area contributed by atoms with Crippen LogP contribution in [0.25, 0.3) is 10.9 Å². The minimum atomic E-state index is 0.678. The Morgan fingerprint density at radius 2 is 2.12 bits per heavy atom. The summed E-state index contributed by atoms with van der Waals surface area (Å²) in [6, 6.07) is 6.94. The van der Waals surface area contributed by atoms with Crippen LogP contribution in [0.15, 0.2) is 22.8 Å². The predicted molar refractivity (Wildman–Crippen MR) is 69.2 cm³/mol. The molecule has 0 unspecified atom stereocenters. The number of aryl methyl sites for hydroxylation is 1. The van der Waals surface area contributed by atoms with Gasteiger partial charge in [0.1, 0.15) is 5.75 Å². The first-order chi connectivity index (χ1) is 7.74. The smallest absolute Gasteiger partial charge is 0.128 e. The standard InChI is InChI=1S/C13H14BrNO/c1-8-12-10(4-3-5-11(12)16-2)15(13(8)14)9-6-7-9/h3-5,9H,6-7H2,1-2H3. The molecule has 0 atom stereocenters. The van der Waals surface area contributed by atoms with E-state index in [1.54, 1.807) is 7.11 Å². The highest BCUT2D eigenvalue weighted by Crippen LogP contribution is 2.44. The molecule has 3 rings (SSSR count). The molecule has 1 fully saturated rings. The Bertz CT molecular complexity index is 555. The highest BCUT2D eigenvalue weighted by atomic mass is 79.9. The van der Waals surface area contributed by atoms with Gasteiger partial charge in [-0.05, 0) is 53.4 Å². The van der Waals surface area contributed by atoms with Crippen LogP contribution in [0.1, 0.15) is 24.4 Å². The van der Waals surface area contributed by atoms with E-state index in [9.17, 15) is 0 Å². The maximum atomic E-state index is 5.44. The molecule has 0 N–H and O–H groups in total. The lowest BCUT2D eigenvalue weighted by atomic mass is 10.2. The molecule has 1 aliphatic carbocycles. The molecule has 0 aliphatic heterocycles. The van der Waals surface area contributed by atoms with Crippen LogP contribution in [0.2, 0.25) is 0 Å². The number of halogens is 1. The first-order valence-electron chi connectivity index (χ1n) is 5.57. The van der Waals surface area contributed by atoms with Crippen LogP contribution < -0.4 is 4.74 Å². The van der Waals surface area contributed by atoms with Crippen molar-refractivity contribution in [3.05, 3.63) is 28.4 Å². The zero-order valence-corrected chi connectivity index (χ0v) is 11.0. The van der Waals surface area contributed by atoms with Crippen molar-refractivity contribution >= 4 is 26.8 Å². The summed E-state index contributed by atoms with van der Waals surface area (Å²) >= 11 is 3.70. The van der Waals surface area contributed by atoms with Crippen molar-refractivity contribution in [1.29, 1.82) is 0 Å². The molecule has 0 radical (unpaired) electrons. The molecular formula is C13H14BrNO. The van der Waals surface area contributed by atoms with Crippen LogP contribution in [-0.2, 0) is 0 Å². The summed E-state index contributed by atoms with van der Waals surface area (Å²) in [5.74, 6) is 0.968. The maximum absolute atomic E-state index is 5.44. The fraction of sp³-hybridized carbons (Fsp3) is 0.385. The molecule has 2 nitrogen and oxygen atoms in total. The Hall–Kier alpha value is -0.960. The maximum Gasteiger partial charge on any atom is 0.128 e. The van der Waals surface area contributed by atoms with Gasteiger partial charge in [-0.2, -0.15) is 0 Å². The average molecular weight is 280 g/mol. The van der Waals surface area contributed by atoms with Crippen LogP contribution in [-0.4, -0.2) is 11.7 Å². The molecule has 0 bridgehead atoms. The van der Waals surface area contributed by atoms with Gasteiger partial charge in [-0.25, -0.2) is 0 Å². The lowest BCUT2D eigenvalue weighted by Gasteiger charge is -2.05. The van der Waals surface area contributed by atoms with E-state index >= 15 is 0 Å². The van der Waals surface area contributed by atoms with Gasteiger partial charge >= 0.3 is 0 Å². The second-order valence-corrected chi connectivity index (χ2v) is 5.12. The molecule has 84 valence electrons. The topological polar surface area (TPSA) is 14.2 Å². The quantitative estimate of drug-likeness (QED) is 0.809. The van der Waals surface area contributed by atoms with Crippen molar-refractivity contribution in [2.24, 2.45) is 0 Å². The fourth-order valence-electron chi connectivity index (χ4n) is 2.35. The van der Waals surface area contributed by atoms with Gasteiger partial charge in [0.25, 0.3) is 0 Å². The van der Waals surface area contributed by atoms with Gasteiger partial charge in [0.2, 0.25) is 0 Å². The van der Waals surface area contributed by atoms with E-state index in [4.69, 9.17) is 4.74 Å². The van der Waals surface area contributed by atoms with E-state index < -0.39 is 0 Å². The molecule has 1 aliphatic rings. The summed E-state index contributed by atoms with van der Waals surface area (Å²) in [6.45, 7) is 2.15. The minimum Gasteiger partial charge on any atom is -0.496 e. The van der Waals surface area contributed by atoms with Gasteiger partial charge in [-0.1, -0.05) is 6.07 Å². The van der Waals surface area contributed by atoms with Gasteiger partial charge in [-0.15, -0.1) is 0 Å². The molecule has 1 heterocycles. The number of hydrogen-bond donors (Lipinski definition) is 0. The van der Waals surface area contributed by atoms with E-state index in [2.05, 4.69) is 39.6 Å². The molecule has 16 heavy (non-hydrogen) atoms. The molecular weight excluding hydrogens is 266 g/mol. The number of rotatable bonds is 2. The van der Waals surface area contributed by atoms with Crippen molar-refractivity contribution in [3.63, 3.8) is 0 Å². The average Bonchev–Trinajstić information content (AvgIpc) is 3.09. The molecule has 1 aromatic carbocycles. The van der Waals surface area contributed by atoms with Crippen LogP contribution >= 0.6 is 15.9 Å². The van der Waals surface area contributed by atoms with Gasteiger partial charge < -0.3 is 9.30 Å². The Kier molecular flexibility index (Phi) is 2.25. The zero-order valence-electron chi connectivity index (χ0n) is 9.46. The highest BCUT2D eigenvalue weighted by Gasteiger charge is 2.28. The number of nitrogens with zero attached hydrogens (tertiary/aromatic N) is 1. The summed E-state index contributed by atoms with van der Waals surface area (Å²) in [7, 11) is 1.73. The molecule has 0 spiro atoms. The second-order valence-electron chi connectivity index (χ2n) is 4.37. The van der Waals surface area contributed by atoms with E-state index in [1.165, 1.54) is 33.9 Å². The van der Waals surface area contributed by atoms with Crippen molar-refractivity contribution in [2.45, 2.75) is 25.8 Å². The van der Waals surface area contributed by atoms with Gasteiger partial charge in [0.05, 0.1) is 17.2 Å². The van der Waals surface area contributed by atoms with Crippen molar-refractivity contribution in [3.8, 4) is 5.75 Å². The lowest BCUT2D eigenvalue weighted by Crippen LogP contribution is -1.93. The summed E-state index contributed by atoms with van der Waals surface area (Å²) in [5, 5.41) is 1.24. The summed E-state index contributed by atoms with van der Waals surface area (Å²) in [4.78, 5) is 0. The van der Waals surface area contributed by atoms with Crippen molar-refractivity contribution < 1.29 is 4.74 Å². The summed E-state index contributed by atoms with van der Waals surface area (Å²) in [6.07, 6.45) is 2.58. The minimum absolute atomic E-state index is 0.678. The van der Waals surface area contributed by atoms with Gasteiger partial charge in [0.15, 0.2) is 0 Å². The number of benzene rings is 1. The van der Waals surface area contributed by atoms with Crippen LogP contribution in [0.3, 0.4) is 0 Å². The fourth-order valence-corrected chi connectivity index (χ4v) is 3.03. The third-order valence-electron chi connectivity index (χ3n) is 3.29. The Morgan fingerprint density at radius 1 is 1.38 bits per heavy atom. The Labute approximate surface area is 103 Å². The summed E-state index contributed by atoms with van der Waals surface area (Å²) in [5.41, 5.74) is 2.56. The van der Waals surface area contributed by atoms with E-state index in [-0.39, 0.29) is 0 Å². The molecule has 2 aromatic rings. The van der Waals surface area contributed by atoms with E-state index in [1.807, 2.05) is 6.07 Å². The number of fused-ring (bicyclic) bond motifs is 1. The number of hydrogen-bond acceptors (Lipinski definition) is 1. The third-order valence-corrected chi connectivity index (χ3v) is 4.27. The van der Waals surface area contributed by atoms with Crippen LogP contribution in [0, 0.1) is 6.92 Å². The van der Waals surface area contributed by atoms with Crippen LogP contribution in [0.5, 0.6) is 5.75 Å². The Balaban J connectivity index is 2.39. The molecule has 1 saturated carbocycles. The van der Waals surface area contributed by atoms with Gasteiger partial charge in [-0.3, -0.25) is 0 Å². The number of aromatic nitrogens is 1.